The number of nitrogens with one attached hydrogen (secondary N) is 1. The molecule has 10 heteroatoms. The number of halogens is 2. The molecule has 1 amide bonds. The van der Waals surface area contributed by atoms with Crippen LogP contribution in [0.25, 0.3) is 17.1 Å². The molecule has 1 aromatic heterocycles. The number of methoxy groups -OCH3 is 1. The fourth-order valence-corrected chi connectivity index (χ4v) is 4.62. The van der Waals surface area contributed by atoms with Gasteiger partial charge in [0.2, 0.25) is 0 Å². The van der Waals surface area contributed by atoms with Gasteiger partial charge in [-0.15, -0.1) is 10.2 Å². The Balaban J connectivity index is 1.54. The molecule has 0 aliphatic carbocycles. The van der Waals surface area contributed by atoms with Gasteiger partial charge in [-0.3, -0.25) is 9.36 Å². The van der Waals surface area contributed by atoms with Crippen LogP contribution in [0.3, 0.4) is 0 Å². The molecule has 4 rings (SSSR count). The lowest BCUT2D eigenvalue weighted by molar-refractivity contribution is -0.118. The molecule has 38 heavy (non-hydrogen) atoms. The van der Waals surface area contributed by atoms with Crippen LogP contribution < -0.4 is 10.2 Å². The Morgan fingerprint density at radius 3 is 2.37 bits per heavy atom. The van der Waals surface area contributed by atoms with Crippen LogP contribution in [0.2, 0.25) is 10.0 Å². The average molecular weight is 569 g/mol. The van der Waals surface area contributed by atoms with E-state index < -0.39 is 0 Å². The van der Waals surface area contributed by atoms with Crippen LogP contribution in [0.4, 0.5) is 0 Å². The molecule has 0 saturated heterocycles. The van der Waals surface area contributed by atoms with Crippen LogP contribution in [0.5, 0.6) is 5.75 Å². The van der Waals surface area contributed by atoms with E-state index >= 15 is 0 Å². The third-order valence-electron chi connectivity index (χ3n) is 5.65. The fraction of sp³-hybridized carbons (Fsp3) is 0.214. The first-order valence-corrected chi connectivity index (χ1v) is 13.5. The maximum atomic E-state index is 12.5. The zero-order valence-corrected chi connectivity index (χ0v) is 23.7. The van der Waals surface area contributed by atoms with Crippen molar-refractivity contribution in [1.82, 2.24) is 20.2 Å². The predicted molar refractivity (Wildman–Crippen MR) is 155 cm³/mol. The van der Waals surface area contributed by atoms with Gasteiger partial charge in [-0.2, -0.15) is 5.10 Å². The molecule has 0 fully saturated rings. The van der Waals surface area contributed by atoms with Crippen molar-refractivity contribution in [3.63, 3.8) is 0 Å². The second-order valence-corrected chi connectivity index (χ2v) is 11.2. The van der Waals surface area contributed by atoms with E-state index in [1.165, 1.54) is 23.5 Å². The highest BCUT2D eigenvalue weighted by molar-refractivity contribution is 7.99. The smallest absolute Gasteiger partial charge is 0.250 e. The maximum Gasteiger partial charge on any atom is 0.250 e. The molecule has 0 aliphatic rings. The first-order chi connectivity index (χ1) is 18.2. The number of carbonyl (C=O) groups is 1. The number of carbonyl (C=O) groups excluding carboxylic acids is 1. The lowest BCUT2D eigenvalue weighted by Gasteiger charge is -2.19. The summed E-state index contributed by atoms with van der Waals surface area (Å²) in [7, 11) is 1.62. The SMILES string of the molecule is COc1ccc(-n2c(SCC(=O)N/N=C\c3ccc(Cl)c(Cl)c3)nnc2-c2ccc(C(C)(C)C)cc2)cc1. The van der Waals surface area contributed by atoms with Gasteiger partial charge in [0.05, 0.1) is 29.1 Å². The predicted octanol–water partition coefficient (Wildman–Crippen LogP) is 6.79. The summed E-state index contributed by atoms with van der Waals surface area (Å²) < 4.78 is 7.24. The highest BCUT2D eigenvalue weighted by Crippen LogP contribution is 2.31. The molecule has 3 aromatic carbocycles. The van der Waals surface area contributed by atoms with Crippen molar-refractivity contribution in [2.45, 2.75) is 31.3 Å². The second-order valence-electron chi connectivity index (χ2n) is 9.42. The van der Waals surface area contributed by atoms with E-state index in [9.17, 15) is 4.79 Å². The van der Waals surface area contributed by atoms with E-state index in [1.54, 1.807) is 25.3 Å². The Morgan fingerprint density at radius 2 is 1.74 bits per heavy atom. The number of hydrogen-bond donors (Lipinski definition) is 1. The monoisotopic (exact) mass is 567 g/mol. The standard InChI is InChI=1S/C28H27Cl2N5O2S/c1-28(2,3)20-8-6-19(7-9-20)26-33-34-27(35(26)21-10-12-22(37-4)13-11-21)38-17-25(36)32-31-16-18-5-14-23(29)24(30)15-18/h5-16H,17H2,1-4H3,(H,32,36)/b31-16-. The minimum absolute atomic E-state index is 0.0405. The average Bonchev–Trinajstić information content (AvgIpc) is 3.33. The number of hydrazone groups is 1. The number of ether oxygens (including phenoxy) is 1. The van der Waals surface area contributed by atoms with E-state index in [1.807, 2.05) is 41.0 Å². The van der Waals surface area contributed by atoms with Crippen LogP contribution in [-0.4, -0.2) is 39.7 Å². The van der Waals surface area contributed by atoms with Gasteiger partial charge in [0.15, 0.2) is 11.0 Å². The molecule has 1 N–H and O–H groups in total. The van der Waals surface area contributed by atoms with Gasteiger partial charge in [-0.05, 0) is 52.9 Å². The first-order valence-electron chi connectivity index (χ1n) is 11.8. The van der Waals surface area contributed by atoms with Crippen LogP contribution in [0.15, 0.2) is 77.0 Å². The minimum Gasteiger partial charge on any atom is -0.497 e. The molecule has 0 spiro atoms. The summed E-state index contributed by atoms with van der Waals surface area (Å²) in [5.74, 6) is 1.23. The molecule has 0 unspecified atom stereocenters. The van der Waals surface area contributed by atoms with Crippen molar-refractivity contribution in [2.75, 3.05) is 12.9 Å². The van der Waals surface area contributed by atoms with E-state index in [4.69, 9.17) is 27.9 Å². The van der Waals surface area contributed by atoms with Crippen molar-refractivity contribution in [2.24, 2.45) is 5.10 Å². The van der Waals surface area contributed by atoms with Crippen molar-refractivity contribution in [3.8, 4) is 22.8 Å². The van der Waals surface area contributed by atoms with E-state index in [0.717, 1.165) is 17.0 Å². The summed E-state index contributed by atoms with van der Waals surface area (Å²) in [5, 5.41) is 14.3. The number of nitrogens with zero attached hydrogens (tertiary/aromatic N) is 4. The quantitative estimate of drug-likeness (QED) is 0.144. The third kappa shape index (κ3) is 6.75. The van der Waals surface area contributed by atoms with Crippen LogP contribution in [0.1, 0.15) is 31.9 Å². The van der Waals surface area contributed by atoms with Gasteiger partial charge >= 0.3 is 0 Å². The summed E-state index contributed by atoms with van der Waals surface area (Å²) in [5.41, 5.74) is 6.28. The van der Waals surface area contributed by atoms with E-state index in [2.05, 4.69) is 53.6 Å². The molecular weight excluding hydrogens is 541 g/mol. The highest BCUT2D eigenvalue weighted by Gasteiger charge is 2.19. The van der Waals surface area contributed by atoms with Crippen molar-refractivity contribution in [3.05, 3.63) is 87.9 Å². The van der Waals surface area contributed by atoms with Crippen molar-refractivity contribution < 1.29 is 9.53 Å². The Morgan fingerprint density at radius 1 is 1.03 bits per heavy atom. The lowest BCUT2D eigenvalue weighted by atomic mass is 9.87. The second kappa shape index (κ2) is 12.0. The Labute approximate surface area is 236 Å². The molecule has 4 aromatic rings. The molecular formula is C28H27Cl2N5O2S. The van der Waals surface area contributed by atoms with Crippen LogP contribution in [-0.2, 0) is 10.2 Å². The van der Waals surface area contributed by atoms with Gasteiger partial charge in [-0.25, -0.2) is 5.43 Å². The molecule has 1 heterocycles. The third-order valence-corrected chi connectivity index (χ3v) is 7.32. The molecule has 0 aliphatic heterocycles. The summed E-state index contributed by atoms with van der Waals surface area (Å²) in [6.07, 6.45) is 1.50. The van der Waals surface area contributed by atoms with Gasteiger partial charge in [0.25, 0.3) is 5.91 Å². The van der Waals surface area contributed by atoms with Gasteiger partial charge in [0.1, 0.15) is 5.75 Å². The molecule has 0 atom stereocenters. The molecule has 7 nitrogen and oxygen atoms in total. The summed E-state index contributed by atoms with van der Waals surface area (Å²) in [6.45, 7) is 6.53. The zero-order chi connectivity index (χ0) is 27.3. The summed E-state index contributed by atoms with van der Waals surface area (Å²) >= 11 is 13.2. The number of rotatable bonds is 8. The normalized spacial score (nSPS) is 11.6. The first kappa shape index (κ1) is 27.7. The summed E-state index contributed by atoms with van der Waals surface area (Å²) in [6, 6.07) is 21.0. The largest absolute Gasteiger partial charge is 0.497 e. The number of hydrogen-bond acceptors (Lipinski definition) is 6. The summed E-state index contributed by atoms with van der Waals surface area (Å²) in [4.78, 5) is 12.5. The molecule has 0 bridgehead atoms. The van der Waals surface area contributed by atoms with Gasteiger partial charge < -0.3 is 4.74 Å². The number of benzene rings is 3. The Hall–Kier alpha value is -3.33. The topological polar surface area (TPSA) is 81.4 Å². The number of thioether (sulfide) groups is 1. The van der Waals surface area contributed by atoms with E-state index in [0.29, 0.717) is 26.6 Å². The van der Waals surface area contributed by atoms with E-state index in [-0.39, 0.29) is 17.1 Å². The van der Waals surface area contributed by atoms with Crippen molar-refractivity contribution in [1.29, 1.82) is 0 Å². The van der Waals surface area contributed by atoms with Crippen LogP contribution >= 0.6 is 35.0 Å². The van der Waals surface area contributed by atoms with Gasteiger partial charge in [0, 0.05) is 11.3 Å². The molecule has 196 valence electrons. The lowest BCUT2D eigenvalue weighted by Crippen LogP contribution is -2.20. The Bertz CT molecular complexity index is 1450. The number of aromatic nitrogens is 3. The van der Waals surface area contributed by atoms with Gasteiger partial charge in [-0.1, -0.05) is 86.1 Å². The Kier molecular flexibility index (Phi) is 8.76. The maximum absolute atomic E-state index is 12.5. The van der Waals surface area contributed by atoms with Crippen molar-refractivity contribution >= 4 is 47.1 Å². The highest BCUT2D eigenvalue weighted by atomic mass is 35.5. The number of amides is 1. The molecule has 0 saturated carbocycles. The van der Waals surface area contributed by atoms with Crippen LogP contribution in [0, 0.1) is 0 Å². The molecule has 0 radical (unpaired) electrons. The fourth-order valence-electron chi connectivity index (χ4n) is 3.57. The zero-order valence-electron chi connectivity index (χ0n) is 21.4. The minimum atomic E-state index is -0.285.